The number of anilines is 1. The van der Waals surface area contributed by atoms with E-state index in [1.54, 1.807) is 6.07 Å². The van der Waals surface area contributed by atoms with Gasteiger partial charge in [-0.05, 0) is 17.7 Å². The highest BCUT2D eigenvalue weighted by molar-refractivity contribution is 7.98. The molecule has 1 heterocycles. The molecule has 22 heavy (non-hydrogen) atoms. The summed E-state index contributed by atoms with van der Waals surface area (Å²) in [6.07, 6.45) is -4.81. The normalized spacial score (nSPS) is 11.2. The molecule has 1 aromatic carbocycles. The number of nitrogen functional groups attached to an aromatic ring is 1. The van der Waals surface area contributed by atoms with Gasteiger partial charge in [-0.25, -0.2) is 14.4 Å². The number of hydrogen-bond acceptors (Lipinski definition) is 5. The Kier molecular flexibility index (Phi) is 4.51. The van der Waals surface area contributed by atoms with Crippen LogP contribution in [0.3, 0.4) is 0 Å². The Bertz CT molecular complexity index is 740. The standard InChI is InChI=1S/C13H8F4N4S/c14-8-3-1-2-7(4-8)6-22-12-20-10(13(15,16)17)9(5-18)11(19)21-12/h1-4H,6H2,(H2,19,20,21). The first-order valence-corrected chi connectivity index (χ1v) is 6.82. The first-order valence-electron chi connectivity index (χ1n) is 5.83. The molecule has 4 nitrogen and oxygen atoms in total. The quantitative estimate of drug-likeness (QED) is 0.531. The molecule has 0 radical (unpaired) electrons. The summed E-state index contributed by atoms with van der Waals surface area (Å²) in [5.41, 5.74) is 3.76. The fourth-order valence-electron chi connectivity index (χ4n) is 1.61. The minimum Gasteiger partial charge on any atom is -0.382 e. The SMILES string of the molecule is N#Cc1c(N)nc(SCc2cccc(F)c2)nc1C(F)(F)F. The van der Waals surface area contributed by atoms with Crippen molar-refractivity contribution < 1.29 is 17.6 Å². The molecule has 0 aliphatic carbocycles. The van der Waals surface area contributed by atoms with Crippen molar-refractivity contribution in [2.75, 3.05) is 5.73 Å². The monoisotopic (exact) mass is 328 g/mol. The van der Waals surface area contributed by atoms with Crippen LogP contribution in [0.15, 0.2) is 29.4 Å². The van der Waals surface area contributed by atoms with Gasteiger partial charge in [-0.15, -0.1) is 0 Å². The first-order chi connectivity index (χ1) is 10.3. The number of aromatic nitrogens is 2. The molecule has 0 saturated heterocycles. The second-order valence-electron chi connectivity index (χ2n) is 4.14. The van der Waals surface area contributed by atoms with Gasteiger partial charge in [0.25, 0.3) is 0 Å². The predicted molar refractivity (Wildman–Crippen MR) is 72.1 cm³/mol. The van der Waals surface area contributed by atoms with Gasteiger partial charge in [0, 0.05) is 5.75 Å². The summed E-state index contributed by atoms with van der Waals surface area (Å²) in [7, 11) is 0. The molecule has 0 aliphatic heterocycles. The lowest BCUT2D eigenvalue weighted by atomic mass is 10.2. The third-order valence-corrected chi connectivity index (χ3v) is 3.47. The lowest BCUT2D eigenvalue weighted by Crippen LogP contribution is -2.14. The molecule has 0 saturated carbocycles. The second-order valence-corrected chi connectivity index (χ2v) is 5.09. The van der Waals surface area contributed by atoms with Crippen molar-refractivity contribution >= 4 is 17.6 Å². The molecule has 0 spiro atoms. The topological polar surface area (TPSA) is 75.6 Å². The molecule has 0 aliphatic rings. The minimum absolute atomic E-state index is 0.167. The van der Waals surface area contributed by atoms with E-state index in [9.17, 15) is 17.6 Å². The van der Waals surface area contributed by atoms with Gasteiger partial charge in [-0.3, -0.25) is 0 Å². The molecule has 2 N–H and O–H groups in total. The average molecular weight is 328 g/mol. The van der Waals surface area contributed by atoms with E-state index in [-0.39, 0.29) is 10.9 Å². The highest BCUT2D eigenvalue weighted by Crippen LogP contribution is 2.33. The van der Waals surface area contributed by atoms with Gasteiger partial charge in [0.2, 0.25) is 0 Å². The van der Waals surface area contributed by atoms with Gasteiger partial charge in [-0.2, -0.15) is 18.4 Å². The van der Waals surface area contributed by atoms with Crippen molar-refractivity contribution in [2.24, 2.45) is 0 Å². The molecule has 1 aromatic heterocycles. The van der Waals surface area contributed by atoms with Crippen molar-refractivity contribution in [2.45, 2.75) is 17.1 Å². The van der Waals surface area contributed by atoms with Crippen LogP contribution in [0.2, 0.25) is 0 Å². The maximum Gasteiger partial charge on any atom is 0.434 e. The van der Waals surface area contributed by atoms with Crippen LogP contribution in [-0.4, -0.2) is 9.97 Å². The Labute approximate surface area is 127 Å². The van der Waals surface area contributed by atoms with E-state index in [1.165, 1.54) is 24.3 Å². The van der Waals surface area contributed by atoms with Gasteiger partial charge in [0.15, 0.2) is 10.9 Å². The molecule has 0 atom stereocenters. The third-order valence-electron chi connectivity index (χ3n) is 2.55. The average Bonchev–Trinajstić information content (AvgIpc) is 2.43. The van der Waals surface area contributed by atoms with Crippen LogP contribution in [0.4, 0.5) is 23.4 Å². The fraction of sp³-hybridized carbons (Fsp3) is 0.154. The summed E-state index contributed by atoms with van der Waals surface area (Å²) in [6.45, 7) is 0. The number of nitriles is 1. The number of nitrogens with two attached hydrogens (primary N) is 1. The molecule has 0 amide bonds. The van der Waals surface area contributed by atoms with Gasteiger partial charge < -0.3 is 5.73 Å². The molecular formula is C13H8F4N4S. The van der Waals surface area contributed by atoms with Crippen molar-refractivity contribution in [3.63, 3.8) is 0 Å². The van der Waals surface area contributed by atoms with E-state index in [4.69, 9.17) is 11.0 Å². The van der Waals surface area contributed by atoms with E-state index < -0.39 is 29.1 Å². The number of thioether (sulfide) groups is 1. The summed E-state index contributed by atoms with van der Waals surface area (Å²) in [5, 5.41) is 8.50. The van der Waals surface area contributed by atoms with Gasteiger partial charge >= 0.3 is 6.18 Å². The van der Waals surface area contributed by atoms with Crippen LogP contribution in [0.5, 0.6) is 0 Å². The lowest BCUT2D eigenvalue weighted by molar-refractivity contribution is -0.141. The van der Waals surface area contributed by atoms with Crippen LogP contribution in [0, 0.1) is 17.1 Å². The molecule has 2 aromatic rings. The lowest BCUT2D eigenvalue weighted by Gasteiger charge is -2.10. The van der Waals surface area contributed by atoms with Crippen LogP contribution >= 0.6 is 11.8 Å². The van der Waals surface area contributed by atoms with Gasteiger partial charge in [-0.1, -0.05) is 23.9 Å². The zero-order valence-electron chi connectivity index (χ0n) is 10.9. The van der Waals surface area contributed by atoms with Crippen molar-refractivity contribution in [1.29, 1.82) is 5.26 Å². The number of alkyl halides is 3. The smallest absolute Gasteiger partial charge is 0.382 e. The van der Waals surface area contributed by atoms with Crippen molar-refractivity contribution in [3.05, 3.63) is 46.9 Å². The zero-order chi connectivity index (χ0) is 16.3. The Morgan fingerprint density at radius 1 is 1.27 bits per heavy atom. The van der Waals surface area contributed by atoms with E-state index in [0.717, 1.165) is 11.8 Å². The largest absolute Gasteiger partial charge is 0.434 e. The highest BCUT2D eigenvalue weighted by atomic mass is 32.2. The Morgan fingerprint density at radius 3 is 2.59 bits per heavy atom. The predicted octanol–water partition coefficient (Wildman–Crippen LogP) is 3.38. The Balaban J connectivity index is 2.29. The van der Waals surface area contributed by atoms with Crippen LogP contribution in [-0.2, 0) is 11.9 Å². The molecule has 2 rings (SSSR count). The van der Waals surface area contributed by atoms with Crippen molar-refractivity contribution in [3.8, 4) is 6.07 Å². The number of hydrogen-bond donors (Lipinski definition) is 1. The molecule has 114 valence electrons. The van der Waals surface area contributed by atoms with Crippen molar-refractivity contribution in [1.82, 2.24) is 9.97 Å². The third kappa shape index (κ3) is 3.65. The van der Waals surface area contributed by atoms with E-state index >= 15 is 0 Å². The summed E-state index contributed by atoms with van der Waals surface area (Å²) in [6, 6.07) is 6.97. The molecule has 0 fully saturated rings. The summed E-state index contributed by atoms with van der Waals surface area (Å²) >= 11 is 0.868. The number of rotatable bonds is 3. The van der Waals surface area contributed by atoms with Crippen LogP contribution in [0.25, 0.3) is 0 Å². The molecule has 9 heteroatoms. The number of benzene rings is 1. The second kappa shape index (κ2) is 6.19. The van der Waals surface area contributed by atoms with Crippen LogP contribution < -0.4 is 5.73 Å². The van der Waals surface area contributed by atoms with Gasteiger partial charge in [0.1, 0.15) is 23.3 Å². The Hall–Kier alpha value is -2.34. The summed E-state index contributed by atoms with van der Waals surface area (Å²) in [4.78, 5) is 7.01. The maximum absolute atomic E-state index is 13.0. The van der Waals surface area contributed by atoms with Gasteiger partial charge in [0.05, 0.1) is 0 Å². The number of nitrogens with zero attached hydrogens (tertiary/aromatic N) is 3. The molecule has 0 bridgehead atoms. The maximum atomic E-state index is 13.0. The Morgan fingerprint density at radius 2 is 2.00 bits per heavy atom. The first kappa shape index (κ1) is 16.0. The van der Waals surface area contributed by atoms with E-state index in [1.807, 2.05) is 0 Å². The molecule has 0 unspecified atom stereocenters. The summed E-state index contributed by atoms with van der Waals surface area (Å²) < 4.78 is 51.6. The fourth-order valence-corrected chi connectivity index (χ4v) is 2.41. The highest BCUT2D eigenvalue weighted by Gasteiger charge is 2.37. The zero-order valence-corrected chi connectivity index (χ0v) is 11.7. The van der Waals surface area contributed by atoms with E-state index in [2.05, 4.69) is 9.97 Å². The van der Waals surface area contributed by atoms with E-state index in [0.29, 0.717) is 5.56 Å². The van der Waals surface area contributed by atoms with Crippen LogP contribution in [0.1, 0.15) is 16.8 Å². The number of halogens is 4. The summed E-state index contributed by atoms with van der Waals surface area (Å²) in [5.74, 6) is -0.818. The molecular weight excluding hydrogens is 320 g/mol. The minimum atomic E-state index is -4.81.